The van der Waals surface area contributed by atoms with Crippen LogP contribution in [0, 0.1) is 5.92 Å². The number of carboxylic acid groups (broad SMARTS) is 2. The zero-order valence-corrected chi connectivity index (χ0v) is 9.12. The van der Waals surface area contributed by atoms with E-state index < -0.39 is 23.8 Å². The van der Waals surface area contributed by atoms with Gasteiger partial charge in [0, 0.05) is 23.6 Å². The molecule has 0 aromatic rings. The Labute approximate surface area is 97.5 Å². The minimum Gasteiger partial charge on any atom is -0.478 e. The number of hydrogen-bond donors (Lipinski definition) is 2. The summed E-state index contributed by atoms with van der Waals surface area (Å²) in [6.45, 7) is 3.42. The Morgan fingerprint density at radius 1 is 1.12 bits per heavy atom. The summed E-state index contributed by atoms with van der Waals surface area (Å²) < 4.78 is 4.41. The molecule has 92 valence electrons. The quantitative estimate of drug-likeness (QED) is 0.521. The zero-order chi connectivity index (χ0) is 13.4. The number of methoxy groups -OCH3 is 1. The van der Waals surface area contributed by atoms with E-state index in [0.717, 1.165) is 31.4 Å². The lowest BCUT2D eigenvalue weighted by molar-refractivity contribution is -0.136. The Morgan fingerprint density at radius 2 is 1.53 bits per heavy atom. The molecule has 0 aromatic carbocycles. The van der Waals surface area contributed by atoms with Gasteiger partial charge in [-0.1, -0.05) is 18.7 Å². The van der Waals surface area contributed by atoms with Crippen LogP contribution >= 0.6 is 0 Å². The first kappa shape index (κ1) is 14.6. The Balaban J connectivity index is 4.97. The number of carbonyl (C=O) groups excluding carboxylic acids is 1. The molecule has 0 saturated heterocycles. The van der Waals surface area contributed by atoms with Crippen molar-refractivity contribution in [2.24, 2.45) is 5.92 Å². The van der Waals surface area contributed by atoms with Gasteiger partial charge in [-0.05, 0) is 0 Å². The predicted molar refractivity (Wildman–Crippen MR) is 58.2 cm³/mol. The van der Waals surface area contributed by atoms with E-state index in [1.165, 1.54) is 0 Å². The molecule has 0 spiro atoms. The van der Waals surface area contributed by atoms with Crippen LogP contribution in [0.25, 0.3) is 0 Å². The van der Waals surface area contributed by atoms with Crippen LogP contribution in [0.1, 0.15) is 0 Å². The Morgan fingerprint density at radius 3 is 1.82 bits per heavy atom. The summed E-state index contributed by atoms with van der Waals surface area (Å²) in [5, 5.41) is 16.9. The van der Waals surface area contributed by atoms with Crippen molar-refractivity contribution in [2.75, 3.05) is 7.11 Å². The van der Waals surface area contributed by atoms with Gasteiger partial charge in [0.2, 0.25) is 0 Å². The highest BCUT2D eigenvalue weighted by Crippen LogP contribution is 2.14. The molecule has 0 aromatic heterocycles. The first-order valence-corrected chi connectivity index (χ1v) is 4.47. The summed E-state index contributed by atoms with van der Waals surface area (Å²) in [6.07, 6.45) is 3.87. The normalized spacial score (nSPS) is 12.5. The van der Waals surface area contributed by atoms with Gasteiger partial charge < -0.3 is 14.9 Å². The molecule has 0 heterocycles. The molecule has 6 heteroatoms. The molecule has 0 bridgehead atoms. The summed E-state index contributed by atoms with van der Waals surface area (Å²) in [4.78, 5) is 31.8. The lowest BCUT2D eigenvalue weighted by atomic mass is 9.99. The summed E-state index contributed by atoms with van der Waals surface area (Å²) in [6, 6.07) is 0. The van der Waals surface area contributed by atoms with Gasteiger partial charge in [-0.3, -0.25) is 0 Å². The number of aliphatic carboxylic acids is 2. The summed E-state index contributed by atoms with van der Waals surface area (Å²) >= 11 is 0. The third kappa shape index (κ3) is 5.93. The van der Waals surface area contributed by atoms with Crippen molar-refractivity contribution in [3.63, 3.8) is 0 Å². The van der Waals surface area contributed by atoms with E-state index in [9.17, 15) is 14.4 Å². The molecule has 0 saturated carbocycles. The van der Waals surface area contributed by atoms with Crippen LogP contribution in [0.4, 0.5) is 0 Å². The van der Waals surface area contributed by atoms with Crippen molar-refractivity contribution in [2.45, 2.75) is 0 Å². The van der Waals surface area contributed by atoms with Crippen LogP contribution in [0.5, 0.6) is 0 Å². The van der Waals surface area contributed by atoms with Gasteiger partial charge in [0.05, 0.1) is 7.11 Å². The highest BCUT2D eigenvalue weighted by atomic mass is 16.5. The largest absolute Gasteiger partial charge is 0.478 e. The first-order valence-electron chi connectivity index (χ1n) is 4.47. The van der Waals surface area contributed by atoms with Crippen LogP contribution in [-0.4, -0.2) is 35.2 Å². The highest BCUT2D eigenvalue weighted by molar-refractivity contribution is 5.90. The van der Waals surface area contributed by atoms with E-state index in [4.69, 9.17) is 10.2 Å². The van der Waals surface area contributed by atoms with Crippen LogP contribution in [0.2, 0.25) is 0 Å². The van der Waals surface area contributed by atoms with Crippen molar-refractivity contribution in [1.29, 1.82) is 0 Å². The number of esters is 1. The number of rotatable bonds is 6. The van der Waals surface area contributed by atoms with Crippen LogP contribution in [0.15, 0.2) is 36.5 Å². The molecule has 2 N–H and O–H groups in total. The topological polar surface area (TPSA) is 101 Å². The second-order valence-corrected chi connectivity index (χ2v) is 2.94. The van der Waals surface area contributed by atoms with Gasteiger partial charge in [-0.2, -0.15) is 0 Å². The summed E-state index contributed by atoms with van der Waals surface area (Å²) in [5.74, 6) is -4.00. The molecule has 0 unspecified atom stereocenters. The molecule has 0 radical (unpaired) electrons. The third-order valence-electron chi connectivity index (χ3n) is 1.74. The summed E-state index contributed by atoms with van der Waals surface area (Å²) in [7, 11) is 1.15. The first-order chi connectivity index (χ1) is 7.88. The average molecular weight is 240 g/mol. The third-order valence-corrected chi connectivity index (χ3v) is 1.74. The van der Waals surface area contributed by atoms with Crippen molar-refractivity contribution in [3.05, 3.63) is 36.5 Å². The molecule has 0 aliphatic heterocycles. The van der Waals surface area contributed by atoms with Gasteiger partial charge in [-0.15, -0.1) is 0 Å². The fraction of sp³-hybridized carbons (Fsp3) is 0.182. The molecule has 0 fully saturated rings. The van der Waals surface area contributed by atoms with Gasteiger partial charge in [-0.25, -0.2) is 14.4 Å². The number of carboxylic acids is 2. The van der Waals surface area contributed by atoms with Gasteiger partial charge >= 0.3 is 17.9 Å². The minimum absolute atomic E-state index is 0.0532. The lowest BCUT2D eigenvalue weighted by Crippen LogP contribution is -2.11. The molecule has 17 heavy (non-hydrogen) atoms. The van der Waals surface area contributed by atoms with E-state index in [2.05, 4.69) is 11.3 Å². The maximum atomic E-state index is 11.2. The van der Waals surface area contributed by atoms with Crippen molar-refractivity contribution in [3.8, 4) is 0 Å². The summed E-state index contributed by atoms with van der Waals surface area (Å²) in [5.41, 5.74) is -0.0532. The Bertz CT molecular complexity index is 367. The smallest absolute Gasteiger partial charge is 0.334 e. The molecule has 0 aliphatic rings. The molecular formula is C11H12O6. The highest BCUT2D eigenvalue weighted by Gasteiger charge is 2.15. The van der Waals surface area contributed by atoms with E-state index in [1.807, 2.05) is 0 Å². The fourth-order valence-electron chi connectivity index (χ4n) is 0.936. The van der Waals surface area contributed by atoms with Crippen LogP contribution in [0.3, 0.4) is 0 Å². The average Bonchev–Trinajstić information content (AvgIpc) is 2.26. The number of allylic oxidation sites excluding steroid dienone is 2. The second-order valence-electron chi connectivity index (χ2n) is 2.94. The molecule has 0 rings (SSSR count). The number of carbonyl (C=O) groups is 3. The van der Waals surface area contributed by atoms with E-state index in [0.29, 0.717) is 0 Å². The van der Waals surface area contributed by atoms with Gasteiger partial charge in [0.15, 0.2) is 0 Å². The van der Waals surface area contributed by atoms with Crippen molar-refractivity contribution >= 4 is 17.9 Å². The lowest BCUT2D eigenvalue weighted by Gasteiger charge is -2.08. The molecule has 6 nitrogen and oxygen atoms in total. The van der Waals surface area contributed by atoms with Crippen molar-refractivity contribution < 1.29 is 29.3 Å². The molecule has 0 atom stereocenters. The van der Waals surface area contributed by atoms with E-state index >= 15 is 0 Å². The fourth-order valence-corrected chi connectivity index (χ4v) is 0.936. The molecule has 0 amide bonds. The Hall–Kier alpha value is -2.37. The number of ether oxygens (including phenoxy) is 1. The second kappa shape index (κ2) is 7.00. The van der Waals surface area contributed by atoms with Gasteiger partial charge in [0.1, 0.15) is 0 Å². The SMILES string of the molecule is C=C(C(=O)OC)C(C=CC(=O)O)C=CC(=O)O. The standard InChI is InChI=1S/C11H12O6/c1-7(11(16)17-2)8(3-5-9(12)13)4-6-10(14)15/h3-6,8H,1H2,2H3,(H,12,13)(H,14,15). The van der Waals surface area contributed by atoms with Crippen LogP contribution in [-0.2, 0) is 19.1 Å². The molecule has 0 aliphatic carbocycles. The number of hydrogen-bond acceptors (Lipinski definition) is 4. The monoisotopic (exact) mass is 240 g/mol. The maximum absolute atomic E-state index is 11.2. The van der Waals surface area contributed by atoms with E-state index in [1.54, 1.807) is 0 Å². The van der Waals surface area contributed by atoms with E-state index in [-0.39, 0.29) is 5.57 Å². The predicted octanol–water partition coefficient (Wildman–Crippen LogP) is 0.613. The zero-order valence-electron chi connectivity index (χ0n) is 9.12. The minimum atomic E-state index is -1.21. The van der Waals surface area contributed by atoms with Crippen LogP contribution < -0.4 is 0 Å². The van der Waals surface area contributed by atoms with Crippen molar-refractivity contribution in [1.82, 2.24) is 0 Å². The Kier molecular flexibility index (Phi) is 6.02. The maximum Gasteiger partial charge on any atom is 0.334 e. The van der Waals surface area contributed by atoms with Gasteiger partial charge in [0.25, 0.3) is 0 Å². The molecular weight excluding hydrogens is 228 g/mol.